The lowest BCUT2D eigenvalue weighted by molar-refractivity contribution is -0.274. The monoisotopic (exact) mass is 374 g/mol. The van der Waals surface area contributed by atoms with E-state index in [1.54, 1.807) is 12.1 Å². The molecule has 0 bridgehead atoms. The minimum absolute atomic E-state index is 0.113. The van der Waals surface area contributed by atoms with Crippen molar-refractivity contribution in [2.45, 2.75) is 6.36 Å². The molecule has 136 valence electrons. The number of fused-ring (bicyclic) bond motifs is 2. The van der Waals surface area contributed by atoms with Crippen LogP contribution >= 0.6 is 0 Å². The summed E-state index contributed by atoms with van der Waals surface area (Å²) in [7, 11) is 0. The summed E-state index contributed by atoms with van der Waals surface area (Å²) in [6.07, 6.45) is -4.79. The van der Waals surface area contributed by atoms with E-state index in [4.69, 9.17) is 4.42 Å². The molecule has 0 atom stereocenters. The number of hydrogen-bond acceptors (Lipinski definition) is 6. The lowest BCUT2D eigenvalue weighted by Crippen LogP contribution is -2.19. The molecule has 0 saturated heterocycles. The molecular formula is C18H9F3N2O4. The molecule has 3 aromatic rings. The molecule has 1 heterocycles. The first kappa shape index (κ1) is 16.8. The van der Waals surface area contributed by atoms with Crippen LogP contribution in [0.1, 0.15) is 32.2 Å². The van der Waals surface area contributed by atoms with E-state index in [0.717, 1.165) is 12.1 Å². The summed E-state index contributed by atoms with van der Waals surface area (Å²) in [5.74, 6) is -1.47. The zero-order chi connectivity index (χ0) is 19.2. The molecule has 0 saturated carbocycles. The van der Waals surface area contributed by atoms with Gasteiger partial charge in [-0.15, -0.1) is 13.2 Å². The quantitative estimate of drug-likeness (QED) is 0.582. The molecule has 0 radical (unpaired) electrons. The maximum Gasteiger partial charge on any atom is 0.573 e. The van der Waals surface area contributed by atoms with Gasteiger partial charge in [0.05, 0.1) is 0 Å². The molecule has 1 aliphatic rings. The lowest BCUT2D eigenvalue weighted by Gasteiger charge is -2.10. The average Bonchev–Trinajstić information content (AvgIpc) is 3.04. The largest absolute Gasteiger partial charge is 0.573 e. The summed E-state index contributed by atoms with van der Waals surface area (Å²) >= 11 is 0. The van der Waals surface area contributed by atoms with Crippen molar-refractivity contribution in [1.82, 2.24) is 4.98 Å². The van der Waals surface area contributed by atoms with Crippen LogP contribution < -0.4 is 10.1 Å². The number of hydrogen-bond donors (Lipinski definition) is 1. The zero-order valence-corrected chi connectivity index (χ0v) is 13.3. The minimum atomic E-state index is -4.79. The van der Waals surface area contributed by atoms with Crippen LogP contribution in [-0.2, 0) is 0 Å². The Balaban J connectivity index is 1.59. The van der Waals surface area contributed by atoms with Crippen molar-refractivity contribution in [3.63, 3.8) is 0 Å². The molecule has 27 heavy (non-hydrogen) atoms. The second-order valence-electron chi connectivity index (χ2n) is 5.60. The number of nitrogens with one attached hydrogen (secondary N) is 1. The fraction of sp³-hybridized carbons (Fsp3) is 0.0556. The second kappa shape index (κ2) is 5.97. The fourth-order valence-corrected chi connectivity index (χ4v) is 2.67. The zero-order valence-electron chi connectivity index (χ0n) is 13.3. The van der Waals surface area contributed by atoms with Crippen LogP contribution in [0.15, 0.2) is 52.9 Å². The van der Waals surface area contributed by atoms with Crippen molar-refractivity contribution in [3.8, 4) is 5.75 Å². The van der Waals surface area contributed by atoms with Crippen LogP contribution in [0.25, 0.3) is 0 Å². The first-order valence-electron chi connectivity index (χ1n) is 7.64. The number of rotatable bonds is 3. The topological polar surface area (TPSA) is 81.4 Å². The van der Waals surface area contributed by atoms with Crippen LogP contribution in [0.3, 0.4) is 0 Å². The maximum atomic E-state index is 12.5. The van der Waals surface area contributed by atoms with Gasteiger partial charge in [0.25, 0.3) is 0 Å². The number of carbonyl (C=O) groups excluding carboxylic acids is 2. The van der Waals surface area contributed by atoms with E-state index in [0.29, 0.717) is 5.69 Å². The molecular weight excluding hydrogens is 365 g/mol. The van der Waals surface area contributed by atoms with Gasteiger partial charge < -0.3 is 14.5 Å². The van der Waals surface area contributed by atoms with Gasteiger partial charge in [0.15, 0.2) is 5.69 Å². The molecule has 0 aliphatic heterocycles. The predicted molar refractivity (Wildman–Crippen MR) is 86.2 cm³/mol. The van der Waals surface area contributed by atoms with E-state index in [1.165, 1.54) is 24.3 Å². The van der Waals surface area contributed by atoms with Gasteiger partial charge in [-0.2, -0.15) is 4.98 Å². The minimum Gasteiger partial charge on any atom is -0.419 e. The Kier molecular flexibility index (Phi) is 3.72. The van der Waals surface area contributed by atoms with Crippen molar-refractivity contribution in [1.29, 1.82) is 0 Å². The molecule has 0 spiro atoms. The average molecular weight is 374 g/mol. The van der Waals surface area contributed by atoms with Crippen LogP contribution in [-0.4, -0.2) is 22.9 Å². The highest BCUT2D eigenvalue weighted by molar-refractivity contribution is 6.26. The standard InChI is InChI=1S/C18H9F3N2O4/c19-18(20,21)27-10-7-5-9(6-8-10)22-17-23-13-14(24)11-3-1-2-4-12(11)15(25)16(13)26-17/h1-8H,(H,22,23). The van der Waals surface area contributed by atoms with Crippen LogP contribution in [0.4, 0.5) is 24.9 Å². The number of carbonyl (C=O) groups is 2. The molecule has 1 N–H and O–H groups in total. The Morgan fingerprint density at radius 3 is 2.19 bits per heavy atom. The third-order valence-electron chi connectivity index (χ3n) is 3.80. The van der Waals surface area contributed by atoms with Crippen molar-refractivity contribution in [2.24, 2.45) is 0 Å². The Hall–Kier alpha value is -3.62. The summed E-state index contributed by atoms with van der Waals surface area (Å²) in [5, 5.41) is 2.70. The maximum absolute atomic E-state index is 12.5. The van der Waals surface area contributed by atoms with Crippen LogP contribution in [0.2, 0.25) is 0 Å². The Morgan fingerprint density at radius 1 is 0.926 bits per heavy atom. The van der Waals surface area contributed by atoms with E-state index in [-0.39, 0.29) is 34.3 Å². The fourth-order valence-electron chi connectivity index (χ4n) is 2.67. The predicted octanol–water partition coefficient (Wildman–Crippen LogP) is 4.09. The summed E-state index contributed by atoms with van der Waals surface area (Å²) in [6, 6.07) is 11.0. The molecule has 2 aromatic carbocycles. The number of aromatic nitrogens is 1. The number of benzene rings is 2. The number of oxazole rings is 1. The molecule has 6 nitrogen and oxygen atoms in total. The van der Waals surface area contributed by atoms with E-state index in [2.05, 4.69) is 15.0 Å². The normalized spacial score (nSPS) is 13.1. The van der Waals surface area contributed by atoms with Crippen molar-refractivity contribution in [2.75, 3.05) is 5.32 Å². The Morgan fingerprint density at radius 2 is 1.56 bits per heavy atom. The van der Waals surface area contributed by atoms with E-state index < -0.39 is 17.9 Å². The van der Waals surface area contributed by atoms with Crippen molar-refractivity contribution >= 4 is 23.3 Å². The molecule has 0 amide bonds. The van der Waals surface area contributed by atoms with E-state index in [1.807, 2.05) is 0 Å². The van der Waals surface area contributed by atoms with E-state index in [9.17, 15) is 22.8 Å². The number of ketones is 2. The van der Waals surface area contributed by atoms with E-state index >= 15 is 0 Å². The molecule has 0 unspecified atom stereocenters. The van der Waals surface area contributed by atoms with Gasteiger partial charge in [-0.25, -0.2) is 0 Å². The van der Waals surface area contributed by atoms with Gasteiger partial charge in [-0.1, -0.05) is 24.3 Å². The van der Waals surface area contributed by atoms with Gasteiger partial charge in [0, 0.05) is 16.8 Å². The molecule has 1 aliphatic carbocycles. The highest BCUT2D eigenvalue weighted by atomic mass is 19.4. The number of anilines is 2. The molecule has 0 fully saturated rings. The summed E-state index contributed by atoms with van der Waals surface area (Å²) in [6.45, 7) is 0. The van der Waals surface area contributed by atoms with Crippen LogP contribution in [0, 0.1) is 0 Å². The molecule has 9 heteroatoms. The Labute approximate surface area is 149 Å². The molecule has 4 rings (SSSR count). The summed E-state index contributed by atoms with van der Waals surface area (Å²) in [4.78, 5) is 28.9. The third-order valence-corrected chi connectivity index (χ3v) is 3.80. The van der Waals surface area contributed by atoms with Crippen molar-refractivity contribution < 1.29 is 31.9 Å². The van der Waals surface area contributed by atoms with Gasteiger partial charge in [-0.3, -0.25) is 9.59 Å². The Bertz CT molecular complexity index is 1000. The number of alkyl halides is 3. The number of halogens is 3. The van der Waals surface area contributed by atoms with Gasteiger partial charge >= 0.3 is 12.4 Å². The highest BCUT2D eigenvalue weighted by Crippen LogP contribution is 2.30. The lowest BCUT2D eigenvalue weighted by atomic mass is 9.91. The van der Waals surface area contributed by atoms with Gasteiger partial charge in [-0.05, 0) is 24.3 Å². The van der Waals surface area contributed by atoms with Gasteiger partial charge in [0.2, 0.25) is 17.3 Å². The number of ether oxygens (including phenoxy) is 1. The number of nitrogens with zero attached hydrogens (tertiary/aromatic N) is 1. The van der Waals surface area contributed by atoms with Crippen LogP contribution in [0.5, 0.6) is 5.75 Å². The SMILES string of the molecule is O=C1c2ccccc2C(=O)c2oc(Nc3ccc(OC(F)(F)F)cc3)nc21. The summed E-state index contributed by atoms with van der Waals surface area (Å²) in [5.41, 5.74) is 0.689. The highest BCUT2D eigenvalue weighted by Gasteiger charge is 2.35. The van der Waals surface area contributed by atoms with Crippen molar-refractivity contribution in [3.05, 3.63) is 71.1 Å². The van der Waals surface area contributed by atoms with Gasteiger partial charge in [0.1, 0.15) is 5.75 Å². The summed E-state index contributed by atoms with van der Waals surface area (Å²) < 4.78 is 45.7. The molecule has 1 aromatic heterocycles. The first-order chi connectivity index (χ1) is 12.8. The second-order valence-corrected chi connectivity index (χ2v) is 5.60. The third kappa shape index (κ3) is 3.14. The smallest absolute Gasteiger partial charge is 0.419 e. The first-order valence-corrected chi connectivity index (χ1v) is 7.64.